The number of amides is 1. The number of carbonyl (C=O) groups is 1. The summed E-state index contributed by atoms with van der Waals surface area (Å²) in [6.45, 7) is 1.99. The molecule has 0 N–H and O–H groups in total. The molecule has 1 aromatic heterocycles. The van der Waals surface area contributed by atoms with E-state index in [2.05, 4.69) is 14.9 Å². The topological polar surface area (TPSA) is 82.3 Å². The Morgan fingerprint density at radius 1 is 1.59 bits per heavy atom. The molecule has 0 unspecified atom stereocenters. The lowest BCUT2D eigenvalue weighted by Gasteiger charge is -2.38. The number of carbonyl (C=O) groups excluding carboxylic acids is 1. The molecular formula is C15H19N5O2. The predicted molar refractivity (Wildman–Crippen MR) is 79.5 cm³/mol. The zero-order valence-electron chi connectivity index (χ0n) is 12.7. The number of piperidine rings is 1. The zero-order valence-corrected chi connectivity index (χ0v) is 12.7. The predicted octanol–water partition coefficient (Wildman–Crippen LogP) is 0.752. The first-order chi connectivity index (χ1) is 10.7. The standard InChI is InChI=1S/C15H19N5O2/c1-19(15-14-12(5-8-22-14)17-10-18-15)11-3-2-7-20(9-11)13(21)4-6-16/h10-11H,2-5,7-9H2,1H3/t11-/m1/s1. The summed E-state index contributed by atoms with van der Waals surface area (Å²) in [4.78, 5) is 24.4. The molecule has 0 aromatic carbocycles. The van der Waals surface area contributed by atoms with Crippen LogP contribution >= 0.6 is 0 Å². The molecule has 0 aliphatic carbocycles. The highest BCUT2D eigenvalue weighted by atomic mass is 16.5. The molecule has 0 saturated carbocycles. The molecule has 0 radical (unpaired) electrons. The van der Waals surface area contributed by atoms with Crippen LogP contribution < -0.4 is 9.64 Å². The van der Waals surface area contributed by atoms with Crippen molar-refractivity contribution in [2.75, 3.05) is 31.6 Å². The van der Waals surface area contributed by atoms with Gasteiger partial charge in [0.15, 0.2) is 11.6 Å². The minimum absolute atomic E-state index is 0.0531. The maximum Gasteiger partial charge on any atom is 0.236 e. The van der Waals surface area contributed by atoms with Crippen LogP contribution in [0.3, 0.4) is 0 Å². The van der Waals surface area contributed by atoms with Gasteiger partial charge in [-0.25, -0.2) is 9.97 Å². The smallest absolute Gasteiger partial charge is 0.236 e. The third kappa shape index (κ3) is 2.69. The number of likely N-dealkylation sites (N-methyl/N-ethyl adjacent to an activating group) is 1. The highest BCUT2D eigenvalue weighted by Crippen LogP contribution is 2.34. The average Bonchev–Trinajstić information content (AvgIpc) is 3.03. The van der Waals surface area contributed by atoms with Crippen LogP contribution in [0.1, 0.15) is 25.0 Å². The molecule has 1 fully saturated rings. The van der Waals surface area contributed by atoms with Crippen LogP contribution in [-0.4, -0.2) is 53.6 Å². The van der Waals surface area contributed by atoms with Gasteiger partial charge in [-0.15, -0.1) is 0 Å². The number of hydrogen-bond acceptors (Lipinski definition) is 6. The fourth-order valence-electron chi connectivity index (χ4n) is 3.08. The summed E-state index contributed by atoms with van der Waals surface area (Å²) in [5.74, 6) is 1.47. The van der Waals surface area contributed by atoms with E-state index in [1.165, 1.54) is 0 Å². The summed E-state index contributed by atoms with van der Waals surface area (Å²) in [7, 11) is 1.98. The lowest BCUT2D eigenvalue weighted by atomic mass is 10.0. The minimum atomic E-state index is -0.0928. The van der Waals surface area contributed by atoms with Gasteiger partial charge in [0.1, 0.15) is 12.7 Å². The SMILES string of the molecule is CN(c1ncnc2c1OCC2)[C@@H]1CCCN(C(=O)CC#N)C1. The summed E-state index contributed by atoms with van der Waals surface area (Å²) in [5.41, 5.74) is 0.949. The quantitative estimate of drug-likeness (QED) is 0.819. The van der Waals surface area contributed by atoms with Crippen LogP contribution in [0.4, 0.5) is 5.82 Å². The Labute approximate surface area is 129 Å². The number of rotatable bonds is 3. The fourth-order valence-corrected chi connectivity index (χ4v) is 3.08. The van der Waals surface area contributed by atoms with Crippen LogP contribution in [0.5, 0.6) is 5.75 Å². The highest BCUT2D eigenvalue weighted by Gasteiger charge is 2.30. The molecule has 0 spiro atoms. The van der Waals surface area contributed by atoms with Gasteiger partial charge in [0.05, 0.1) is 18.4 Å². The second kappa shape index (κ2) is 6.18. The van der Waals surface area contributed by atoms with Crippen molar-refractivity contribution >= 4 is 11.7 Å². The number of aromatic nitrogens is 2. The van der Waals surface area contributed by atoms with Crippen molar-refractivity contribution < 1.29 is 9.53 Å². The summed E-state index contributed by atoms with van der Waals surface area (Å²) in [6, 6.07) is 2.11. The van der Waals surface area contributed by atoms with Gasteiger partial charge in [-0.2, -0.15) is 5.26 Å². The summed E-state index contributed by atoms with van der Waals surface area (Å²) in [6.07, 6.45) is 4.26. The van der Waals surface area contributed by atoms with Gasteiger partial charge in [-0.1, -0.05) is 0 Å². The van der Waals surface area contributed by atoms with E-state index in [-0.39, 0.29) is 18.4 Å². The number of fused-ring (bicyclic) bond motifs is 1. The third-order valence-corrected chi connectivity index (χ3v) is 4.31. The molecule has 1 aromatic rings. The second-order valence-electron chi connectivity index (χ2n) is 5.65. The van der Waals surface area contributed by atoms with E-state index in [1.54, 1.807) is 11.2 Å². The van der Waals surface area contributed by atoms with E-state index in [4.69, 9.17) is 10.00 Å². The van der Waals surface area contributed by atoms with Crippen LogP contribution in [-0.2, 0) is 11.2 Å². The van der Waals surface area contributed by atoms with Crippen molar-refractivity contribution in [3.63, 3.8) is 0 Å². The number of nitriles is 1. The molecular weight excluding hydrogens is 282 g/mol. The Balaban J connectivity index is 1.75. The first-order valence-electron chi connectivity index (χ1n) is 7.55. The van der Waals surface area contributed by atoms with E-state index >= 15 is 0 Å². The summed E-state index contributed by atoms with van der Waals surface area (Å²) in [5, 5.41) is 8.68. The first-order valence-corrected chi connectivity index (χ1v) is 7.55. The molecule has 1 saturated heterocycles. The number of ether oxygens (including phenoxy) is 1. The molecule has 7 heteroatoms. The molecule has 7 nitrogen and oxygen atoms in total. The Morgan fingerprint density at radius 3 is 3.27 bits per heavy atom. The zero-order chi connectivity index (χ0) is 15.5. The number of nitrogens with zero attached hydrogens (tertiary/aromatic N) is 5. The van der Waals surface area contributed by atoms with Crippen molar-refractivity contribution in [2.45, 2.75) is 31.7 Å². The molecule has 3 heterocycles. The van der Waals surface area contributed by atoms with Gasteiger partial charge in [0, 0.05) is 32.6 Å². The van der Waals surface area contributed by atoms with Gasteiger partial charge in [-0.3, -0.25) is 4.79 Å². The highest BCUT2D eigenvalue weighted by molar-refractivity contribution is 5.78. The van der Waals surface area contributed by atoms with E-state index in [0.717, 1.165) is 43.1 Å². The van der Waals surface area contributed by atoms with E-state index < -0.39 is 0 Å². The lowest BCUT2D eigenvalue weighted by molar-refractivity contribution is -0.131. The van der Waals surface area contributed by atoms with Crippen LogP contribution in [0.2, 0.25) is 0 Å². The van der Waals surface area contributed by atoms with Crippen molar-refractivity contribution in [3.8, 4) is 11.8 Å². The summed E-state index contributed by atoms with van der Waals surface area (Å²) >= 11 is 0. The molecule has 116 valence electrons. The molecule has 0 bridgehead atoms. The maximum atomic E-state index is 11.9. The van der Waals surface area contributed by atoms with E-state index in [9.17, 15) is 4.79 Å². The van der Waals surface area contributed by atoms with Crippen molar-refractivity contribution in [2.24, 2.45) is 0 Å². The minimum Gasteiger partial charge on any atom is -0.487 e. The lowest BCUT2D eigenvalue weighted by Crippen LogP contribution is -2.49. The number of anilines is 1. The van der Waals surface area contributed by atoms with Crippen LogP contribution in [0.25, 0.3) is 0 Å². The third-order valence-electron chi connectivity index (χ3n) is 4.31. The Bertz CT molecular complexity index is 612. The monoisotopic (exact) mass is 301 g/mol. The Hall–Kier alpha value is -2.36. The van der Waals surface area contributed by atoms with Gasteiger partial charge >= 0.3 is 0 Å². The van der Waals surface area contributed by atoms with Gasteiger partial charge in [0.25, 0.3) is 0 Å². The van der Waals surface area contributed by atoms with E-state index in [0.29, 0.717) is 13.2 Å². The molecule has 1 amide bonds. The Morgan fingerprint density at radius 2 is 2.45 bits per heavy atom. The van der Waals surface area contributed by atoms with Gasteiger partial charge in [-0.05, 0) is 12.8 Å². The van der Waals surface area contributed by atoms with Crippen molar-refractivity contribution in [3.05, 3.63) is 12.0 Å². The van der Waals surface area contributed by atoms with E-state index in [1.807, 2.05) is 13.1 Å². The molecule has 2 aliphatic rings. The van der Waals surface area contributed by atoms with Crippen LogP contribution in [0.15, 0.2) is 6.33 Å². The normalized spacial score (nSPS) is 20.0. The Kier molecular flexibility index (Phi) is 4.09. The second-order valence-corrected chi connectivity index (χ2v) is 5.65. The van der Waals surface area contributed by atoms with Gasteiger partial charge < -0.3 is 14.5 Å². The molecule has 22 heavy (non-hydrogen) atoms. The number of hydrogen-bond donors (Lipinski definition) is 0. The van der Waals surface area contributed by atoms with Crippen LogP contribution in [0, 0.1) is 11.3 Å². The molecule has 3 rings (SSSR count). The number of likely N-dealkylation sites (tertiary alicyclic amines) is 1. The van der Waals surface area contributed by atoms with Crippen molar-refractivity contribution in [1.82, 2.24) is 14.9 Å². The van der Waals surface area contributed by atoms with Crippen molar-refractivity contribution in [1.29, 1.82) is 5.26 Å². The summed E-state index contributed by atoms with van der Waals surface area (Å²) < 4.78 is 5.66. The molecule has 2 aliphatic heterocycles. The van der Waals surface area contributed by atoms with Gasteiger partial charge in [0.2, 0.25) is 5.91 Å². The average molecular weight is 301 g/mol. The maximum absolute atomic E-state index is 11.9. The first kappa shape index (κ1) is 14.6. The largest absolute Gasteiger partial charge is 0.487 e. The molecule has 1 atom stereocenters. The fraction of sp³-hybridized carbons (Fsp3) is 0.600.